The topological polar surface area (TPSA) is 55.1 Å². The molecule has 1 aromatic rings. The Morgan fingerprint density at radius 3 is 2.50 bits per heavy atom. The van der Waals surface area contributed by atoms with E-state index in [1.54, 1.807) is 0 Å². The highest BCUT2D eigenvalue weighted by atomic mass is 79.9. The van der Waals surface area contributed by atoms with Crippen molar-refractivity contribution in [2.75, 3.05) is 0 Å². The molecule has 3 N–H and O–H groups in total. The first-order valence-corrected chi connectivity index (χ1v) is 6.82. The summed E-state index contributed by atoms with van der Waals surface area (Å²) in [7, 11) is 0. The predicted molar refractivity (Wildman–Crippen MR) is 78.1 cm³/mol. The van der Waals surface area contributed by atoms with Gasteiger partial charge in [-0.1, -0.05) is 48.8 Å². The van der Waals surface area contributed by atoms with E-state index in [1.165, 1.54) is 0 Å². The molecule has 0 saturated carbocycles. The standard InChI is InChI=1S/C14H21BrN2O/c1-9(10-6-5-7-11(15)8-10)17-13(18)12(16)14(2,3)4/h5-9,12H,16H2,1-4H3,(H,17,18)/t9-,12?/m0/s1. The van der Waals surface area contributed by atoms with Gasteiger partial charge in [0.25, 0.3) is 0 Å². The highest BCUT2D eigenvalue weighted by Crippen LogP contribution is 2.20. The summed E-state index contributed by atoms with van der Waals surface area (Å²) in [5.74, 6) is -0.116. The summed E-state index contributed by atoms with van der Waals surface area (Å²) in [5, 5.41) is 2.94. The van der Waals surface area contributed by atoms with Crippen molar-refractivity contribution in [2.45, 2.75) is 39.8 Å². The van der Waals surface area contributed by atoms with E-state index in [1.807, 2.05) is 52.0 Å². The fourth-order valence-electron chi connectivity index (χ4n) is 1.56. The predicted octanol–water partition coefficient (Wildman–Crippen LogP) is 3.00. The molecule has 1 unspecified atom stereocenters. The van der Waals surface area contributed by atoms with Gasteiger partial charge in [0.2, 0.25) is 5.91 Å². The van der Waals surface area contributed by atoms with Crippen LogP contribution in [0.3, 0.4) is 0 Å². The van der Waals surface area contributed by atoms with Crippen molar-refractivity contribution in [3.05, 3.63) is 34.3 Å². The lowest BCUT2D eigenvalue weighted by atomic mass is 9.86. The molecule has 0 saturated heterocycles. The minimum Gasteiger partial charge on any atom is -0.348 e. The molecule has 1 rings (SSSR count). The van der Waals surface area contributed by atoms with Crippen LogP contribution in [0.4, 0.5) is 0 Å². The van der Waals surface area contributed by atoms with Crippen LogP contribution in [0.25, 0.3) is 0 Å². The molecule has 4 heteroatoms. The van der Waals surface area contributed by atoms with E-state index >= 15 is 0 Å². The van der Waals surface area contributed by atoms with Gasteiger partial charge in [0.1, 0.15) is 0 Å². The molecule has 0 radical (unpaired) electrons. The van der Waals surface area contributed by atoms with Crippen LogP contribution in [-0.4, -0.2) is 11.9 Å². The average Bonchev–Trinajstić information content (AvgIpc) is 2.26. The zero-order chi connectivity index (χ0) is 13.9. The maximum Gasteiger partial charge on any atom is 0.237 e. The SMILES string of the molecule is C[C@H](NC(=O)C(N)C(C)(C)C)c1cccc(Br)c1. The molecule has 0 aliphatic rings. The van der Waals surface area contributed by atoms with Crippen LogP contribution in [0.15, 0.2) is 28.7 Å². The van der Waals surface area contributed by atoms with Crippen LogP contribution in [0.2, 0.25) is 0 Å². The monoisotopic (exact) mass is 312 g/mol. The Morgan fingerprint density at radius 1 is 1.39 bits per heavy atom. The lowest BCUT2D eigenvalue weighted by Gasteiger charge is -2.27. The van der Waals surface area contributed by atoms with E-state index in [9.17, 15) is 4.79 Å². The number of hydrogen-bond donors (Lipinski definition) is 2. The second-order valence-corrected chi connectivity index (χ2v) is 6.54. The first-order chi connectivity index (χ1) is 8.21. The van der Waals surface area contributed by atoms with Crippen molar-refractivity contribution in [1.82, 2.24) is 5.32 Å². The number of amides is 1. The molecule has 100 valence electrons. The largest absolute Gasteiger partial charge is 0.348 e. The second-order valence-electron chi connectivity index (χ2n) is 5.63. The molecular formula is C14H21BrN2O. The van der Waals surface area contributed by atoms with Gasteiger partial charge in [-0.25, -0.2) is 0 Å². The fraction of sp³-hybridized carbons (Fsp3) is 0.500. The molecule has 0 aromatic heterocycles. The molecule has 0 aliphatic heterocycles. The minimum atomic E-state index is -0.507. The van der Waals surface area contributed by atoms with Crippen LogP contribution >= 0.6 is 15.9 Å². The Kier molecular flexibility index (Phi) is 4.93. The average molecular weight is 313 g/mol. The Morgan fingerprint density at radius 2 is 2.00 bits per heavy atom. The smallest absolute Gasteiger partial charge is 0.237 e. The minimum absolute atomic E-state index is 0.0524. The van der Waals surface area contributed by atoms with E-state index in [0.29, 0.717) is 0 Å². The van der Waals surface area contributed by atoms with Crippen molar-refractivity contribution in [2.24, 2.45) is 11.1 Å². The molecule has 3 nitrogen and oxygen atoms in total. The Hall–Kier alpha value is -0.870. The summed E-state index contributed by atoms with van der Waals surface area (Å²) in [4.78, 5) is 12.0. The third-order valence-corrected chi connectivity index (χ3v) is 3.42. The van der Waals surface area contributed by atoms with Gasteiger partial charge in [-0.2, -0.15) is 0 Å². The molecule has 18 heavy (non-hydrogen) atoms. The van der Waals surface area contributed by atoms with Gasteiger partial charge in [-0.3, -0.25) is 4.79 Å². The van der Waals surface area contributed by atoms with Crippen LogP contribution < -0.4 is 11.1 Å². The summed E-state index contributed by atoms with van der Waals surface area (Å²) >= 11 is 3.42. The summed E-state index contributed by atoms with van der Waals surface area (Å²) in [6.07, 6.45) is 0. The van der Waals surface area contributed by atoms with Gasteiger partial charge < -0.3 is 11.1 Å². The molecule has 2 atom stereocenters. The van der Waals surface area contributed by atoms with Crippen LogP contribution in [0.1, 0.15) is 39.3 Å². The Labute approximate surface area is 117 Å². The second kappa shape index (κ2) is 5.85. The number of carbonyl (C=O) groups is 1. The Bertz CT molecular complexity index is 426. The van der Waals surface area contributed by atoms with Gasteiger partial charge in [0.05, 0.1) is 12.1 Å². The van der Waals surface area contributed by atoms with Crippen molar-refractivity contribution < 1.29 is 4.79 Å². The molecule has 0 fully saturated rings. The van der Waals surface area contributed by atoms with Crippen LogP contribution in [-0.2, 0) is 4.79 Å². The molecule has 0 aliphatic carbocycles. The van der Waals surface area contributed by atoms with E-state index in [-0.39, 0.29) is 17.4 Å². The molecule has 0 bridgehead atoms. The summed E-state index contributed by atoms with van der Waals surface area (Å²) in [6, 6.07) is 7.33. The number of halogens is 1. The normalized spacial score (nSPS) is 15.0. The number of nitrogens with two attached hydrogens (primary N) is 1. The lowest BCUT2D eigenvalue weighted by Crippen LogP contribution is -2.49. The van der Waals surface area contributed by atoms with Gasteiger partial charge in [0, 0.05) is 4.47 Å². The zero-order valence-electron chi connectivity index (χ0n) is 11.3. The van der Waals surface area contributed by atoms with Crippen molar-refractivity contribution in [1.29, 1.82) is 0 Å². The van der Waals surface area contributed by atoms with E-state index < -0.39 is 6.04 Å². The van der Waals surface area contributed by atoms with Gasteiger partial charge in [-0.15, -0.1) is 0 Å². The molecule has 0 spiro atoms. The number of nitrogens with one attached hydrogen (secondary N) is 1. The Balaban J connectivity index is 2.71. The van der Waals surface area contributed by atoms with Gasteiger partial charge in [-0.05, 0) is 30.0 Å². The maximum absolute atomic E-state index is 12.0. The highest BCUT2D eigenvalue weighted by molar-refractivity contribution is 9.10. The highest BCUT2D eigenvalue weighted by Gasteiger charge is 2.28. The zero-order valence-corrected chi connectivity index (χ0v) is 12.9. The van der Waals surface area contributed by atoms with E-state index in [4.69, 9.17) is 5.73 Å². The summed E-state index contributed by atoms with van der Waals surface area (Å²) in [5.41, 5.74) is 6.75. The van der Waals surface area contributed by atoms with Crippen LogP contribution in [0.5, 0.6) is 0 Å². The molecular weight excluding hydrogens is 292 g/mol. The fourth-order valence-corrected chi connectivity index (χ4v) is 1.97. The lowest BCUT2D eigenvalue weighted by molar-refractivity contribution is -0.125. The summed E-state index contributed by atoms with van der Waals surface area (Å²) < 4.78 is 1.00. The molecule has 1 aromatic carbocycles. The van der Waals surface area contributed by atoms with Crippen molar-refractivity contribution >= 4 is 21.8 Å². The van der Waals surface area contributed by atoms with Crippen molar-refractivity contribution in [3.8, 4) is 0 Å². The molecule has 0 heterocycles. The third kappa shape index (κ3) is 4.10. The van der Waals surface area contributed by atoms with E-state index in [2.05, 4.69) is 21.2 Å². The number of hydrogen-bond acceptors (Lipinski definition) is 2. The molecule has 1 amide bonds. The number of benzene rings is 1. The van der Waals surface area contributed by atoms with Gasteiger partial charge in [0.15, 0.2) is 0 Å². The maximum atomic E-state index is 12.0. The first kappa shape index (κ1) is 15.2. The summed E-state index contributed by atoms with van der Waals surface area (Å²) in [6.45, 7) is 7.83. The van der Waals surface area contributed by atoms with Crippen LogP contribution in [0, 0.1) is 5.41 Å². The quantitative estimate of drug-likeness (QED) is 0.901. The van der Waals surface area contributed by atoms with Crippen molar-refractivity contribution in [3.63, 3.8) is 0 Å². The first-order valence-electron chi connectivity index (χ1n) is 6.03. The number of rotatable bonds is 3. The number of carbonyl (C=O) groups excluding carboxylic acids is 1. The van der Waals surface area contributed by atoms with Gasteiger partial charge >= 0.3 is 0 Å². The van der Waals surface area contributed by atoms with E-state index in [0.717, 1.165) is 10.0 Å². The third-order valence-electron chi connectivity index (χ3n) is 2.92.